The number of benzene rings is 8. The van der Waals surface area contributed by atoms with Gasteiger partial charge in [-0.05, 0) is 90.0 Å². The highest BCUT2D eigenvalue weighted by Crippen LogP contribution is 2.48. The minimum Gasteiger partial charge on any atom is -0.309 e. The summed E-state index contributed by atoms with van der Waals surface area (Å²) in [6.45, 7) is 0. The van der Waals surface area contributed by atoms with Gasteiger partial charge in [0.15, 0.2) is 0 Å². The average Bonchev–Trinajstić information content (AvgIpc) is 3.73. The largest absolute Gasteiger partial charge is 0.309 e. The van der Waals surface area contributed by atoms with Crippen molar-refractivity contribution in [2.24, 2.45) is 0 Å². The van der Waals surface area contributed by atoms with Crippen molar-refractivity contribution in [3.8, 4) is 22.5 Å². The molecule has 0 saturated heterocycles. The maximum atomic E-state index is 14.1. The molecule has 3 nitrogen and oxygen atoms in total. The molecule has 246 valence electrons. The van der Waals surface area contributed by atoms with Crippen LogP contribution in [0.5, 0.6) is 0 Å². The van der Waals surface area contributed by atoms with Gasteiger partial charge in [-0.2, -0.15) is 0 Å². The molecule has 2 heterocycles. The van der Waals surface area contributed by atoms with E-state index in [1.165, 1.54) is 28.3 Å². The molecule has 0 amide bonds. The highest BCUT2D eigenvalue weighted by atomic mass is 19.1. The van der Waals surface area contributed by atoms with Gasteiger partial charge >= 0.3 is 0 Å². The Morgan fingerprint density at radius 1 is 0.385 bits per heavy atom. The third kappa shape index (κ3) is 4.73. The van der Waals surface area contributed by atoms with E-state index < -0.39 is 0 Å². The minimum atomic E-state index is -0.247. The van der Waals surface area contributed by atoms with Gasteiger partial charge in [0.05, 0.1) is 33.4 Å². The average molecular weight is 670 g/mol. The molecule has 0 spiro atoms. The quantitative estimate of drug-likeness (QED) is 0.172. The number of halogens is 1. The predicted molar refractivity (Wildman–Crippen MR) is 215 cm³/mol. The van der Waals surface area contributed by atoms with E-state index in [1.54, 1.807) is 0 Å². The summed E-state index contributed by atoms with van der Waals surface area (Å²) in [4.78, 5) is 2.41. The lowest BCUT2D eigenvalue weighted by atomic mass is 10.0. The SMILES string of the molecule is Fc1ccc(-c2cccc(N(c3cccc4c3c3ccccc3n4-c3ccccc3)c3cccc4c5ccccc5n(-c5ccccc5)c34)c2)cc1. The first-order valence-corrected chi connectivity index (χ1v) is 17.6. The number of anilines is 3. The van der Waals surface area contributed by atoms with E-state index in [1.807, 2.05) is 12.1 Å². The normalized spacial score (nSPS) is 11.6. The zero-order valence-electron chi connectivity index (χ0n) is 28.2. The van der Waals surface area contributed by atoms with Gasteiger partial charge in [-0.15, -0.1) is 0 Å². The van der Waals surface area contributed by atoms with E-state index in [0.717, 1.165) is 67.0 Å². The number of aromatic nitrogens is 2. The van der Waals surface area contributed by atoms with Gasteiger partial charge in [0.1, 0.15) is 5.82 Å². The van der Waals surface area contributed by atoms with Gasteiger partial charge in [-0.25, -0.2) is 4.39 Å². The molecule has 8 aromatic carbocycles. The molecule has 2 aromatic heterocycles. The van der Waals surface area contributed by atoms with Gasteiger partial charge in [-0.3, -0.25) is 0 Å². The lowest BCUT2D eigenvalue weighted by Crippen LogP contribution is -2.12. The Morgan fingerprint density at radius 3 is 1.69 bits per heavy atom. The third-order valence-electron chi connectivity index (χ3n) is 10.1. The second-order valence-corrected chi connectivity index (χ2v) is 13.1. The fourth-order valence-electron chi connectivity index (χ4n) is 7.94. The molecule has 0 aliphatic heterocycles. The van der Waals surface area contributed by atoms with Crippen molar-refractivity contribution in [2.75, 3.05) is 4.90 Å². The Bertz CT molecular complexity index is 2900. The zero-order chi connectivity index (χ0) is 34.6. The molecular formula is C48H32FN3. The molecule has 10 rings (SSSR count). The number of rotatable bonds is 6. The van der Waals surface area contributed by atoms with E-state index in [4.69, 9.17) is 0 Å². The van der Waals surface area contributed by atoms with Crippen LogP contribution >= 0.6 is 0 Å². The fraction of sp³-hybridized carbons (Fsp3) is 0. The summed E-state index contributed by atoms with van der Waals surface area (Å²) in [7, 11) is 0. The highest BCUT2D eigenvalue weighted by molar-refractivity contribution is 6.19. The molecule has 0 fully saturated rings. The highest BCUT2D eigenvalue weighted by Gasteiger charge is 2.25. The van der Waals surface area contributed by atoms with E-state index in [0.29, 0.717) is 0 Å². The Hall–Kier alpha value is -6.91. The molecule has 0 atom stereocenters. The molecule has 0 N–H and O–H groups in total. The van der Waals surface area contributed by atoms with Crippen LogP contribution in [0.3, 0.4) is 0 Å². The summed E-state index contributed by atoms with van der Waals surface area (Å²) in [5, 5.41) is 4.71. The second-order valence-electron chi connectivity index (χ2n) is 13.1. The lowest BCUT2D eigenvalue weighted by Gasteiger charge is -2.28. The molecule has 0 bridgehead atoms. The van der Waals surface area contributed by atoms with Gasteiger partial charge in [0.25, 0.3) is 0 Å². The van der Waals surface area contributed by atoms with Crippen LogP contribution in [-0.2, 0) is 0 Å². The number of para-hydroxylation sites is 5. The monoisotopic (exact) mass is 669 g/mol. The zero-order valence-corrected chi connectivity index (χ0v) is 28.2. The third-order valence-corrected chi connectivity index (χ3v) is 10.1. The summed E-state index contributed by atoms with van der Waals surface area (Å²) >= 11 is 0. The summed E-state index contributed by atoms with van der Waals surface area (Å²) < 4.78 is 18.8. The smallest absolute Gasteiger partial charge is 0.123 e. The van der Waals surface area contributed by atoms with Gasteiger partial charge < -0.3 is 14.0 Å². The molecule has 0 radical (unpaired) electrons. The van der Waals surface area contributed by atoms with Crippen LogP contribution in [0.2, 0.25) is 0 Å². The number of hydrogen-bond acceptors (Lipinski definition) is 1. The summed E-state index contributed by atoms with van der Waals surface area (Å²) in [6.07, 6.45) is 0. The first kappa shape index (κ1) is 30.0. The van der Waals surface area contributed by atoms with Crippen LogP contribution in [0.4, 0.5) is 21.5 Å². The summed E-state index contributed by atoms with van der Waals surface area (Å²) in [5.74, 6) is -0.247. The van der Waals surface area contributed by atoms with Crippen LogP contribution in [-0.4, -0.2) is 9.13 Å². The summed E-state index contributed by atoms with van der Waals surface area (Å²) in [6, 6.07) is 67.1. The van der Waals surface area contributed by atoms with Gasteiger partial charge in [0.2, 0.25) is 0 Å². The van der Waals surface area contributed by atoms with Gasteiger partial charge in [-0.1, -0.05) is 115 Å². The lowest BCUT2D eigenvalue weighted by molar-refractivity contribution is 0.628. The molecule has 52 heavy (non-hydrogen) atoms. The first-order valence-electron chi connectivity index (χ1n) is 17.6. The van der Waals surface area contributed by atoms with Crippen molar-refractivity contribution in [1.82, 2.24) is 9.13 Å². The van der Waals surface area contributed by atoms with E-state index in [9.17, 15) is 4.39 Å². The van der Waals surface area contributed by atoms with Crippen LogP contribution in [0.15, 0.2) is 194 Å². The number of hydrogen-bond donors (Lipinski definition) is 0. The molecule has 0 aliphatic carbocycles. The van der Waals surface area contributed by atoms with Crippen LogP contribution in [0.25, 0.3) is 66.1 Å². The van der Waals surface area contributed by atoms with Crippen molar-refractivity contribution < 1.29 is 4.39 Å². The summed E-state index contributed by atoms with van der Waals surface area (Å²) in [5.41, 5.74) is 11.8. The number of fused-ring (bicyclic) bond motifs is 6. The van der Waals surface area contributed by atoms with Crippen molar-refractivity contribution in [3.63, 3.8) is 0 Å². The topological polar surface area (TPSA) is 13.1 Å². The van der Waals surface area contributed by atoms with E-state index in [-0.39, 0.29) is 5.82 Å². The van der Waals surface area contributed by atoms with Crippen LogP contribution in [0.1, 0.15) is 0 Å². The van der Waals surface area contributed by atoms with E-state index >= 15 is 0 Å². The minimum absolute atomic E-state index is 0.247. The molecular weight excluding hydrogens is 638 g/mol. The number of nitrogens with zero attached hydrogens (tertiary/aromatic N) is 3. The first-order chi connectivity index (χ1) is 25.7. The van der Waals surface area contributed by atoms with Crippen molar-refractivity contribution in [1.29, 1.82) is 0 Å². The maximum absolute atomic E-state index is 14.1. The molecule has 10 aromatic rings. The van der Waals surface area contributed by atoms with Gasteiger partial charge in [0, 0.05) is 38.6 Å². The Balaban J connectivity index is 1.34. The molecule has 0 aliphatic rings. The molecule has 0 unspecified atom stereocenters. The Labute approximate surface area is 300 Å². The van der Waals surface area contributed by atoms with E-state index in [2.05, 4.69) is 184 Å². The second kappa shape index (κ2) is 12.1. The molecule has 4 heteroatoms. The van der Waals surface area contributed by atoms with Crippen LogP contribution < -0.4 is 4.90 Å². The molecule has 0 saturated carbocycles. The van der Waals surface area contributed by atoms with Crippen molar-refractivity contribution in [2.45, 2.75) is 0 Å². The Kier molecular flexibility index (Phi) is 7.00. The Morgan fingerprint density at radius 2 is 0.942 bits per heavy atom. The van der Waals surface area contributed by atoms with Crippen molar-refractivity contribution in [3.05, 3.63) is 200 Å². The fourth-order valence-corrected chi connectivity index (χ4v) is 7.94. The maximum Gasteiger partial charge on any atom is 0.123 e. The predicted octanol–water partition coefficient (Wildman–Crippen LogP) is 13.2. The van der Waals surface area contributed by atoms with Crippen LogP contribution in [0, 0.1) is 5.82 Å². The standard InChI is InChI=1S/C48H32FN3/c49-35-30-28-33(29-31-35)34-14-11-19-38(32-34)51(45-26-13-25-44-47(45)41-21-8-10-24-43(41)50(44)36-15-3-1-4-16-36)46-27-12-22-40-39-20-7-9-23-42(39)52(48(40)46)37-17-5-2-6-18-37/h1-32H. The van der Waals surface area contributed by atoms with Crippen molar-refractivity contribution >= 4 is 60.7 Å².